The predicted octanol–water partition coefficient (Wildman–Crippen LogP) is 2.90. The highest BCUT2D eigenvalue weighted by atomic mass is 16.3. The normalized spacial score (nSPS) is 13.8. The van der Waals surface area contributed by atoms with E-state index in [1.807, 2.05) is 26.8 Å². The smallest absolute Gasteiger partial charge is 0.191 e. The van der Waals surface area contributed by atoms with Gasteiger partial charge >= 0.3 is 0 Å². The van der Waals surface area contributed by atoms with Crippen LogP contribution in [0.25, 0.3) is 0 Å². The first-order chi connectivity index (χ1) is 10.5. The van der Waals surface area contributed by atoms with Crippen LogP contribution in [0.1, 0.15) is 52.0 Å². The zero-order chi connectivity index (χ0) is 16.4. The van der Waals surface area contributed by atoms with Crippen LogP contribution in [0.2, 0.25) is 0 Å². The van der Waals surface area contributed by atoms with Crippen molar-refractivity contribution in [3.05, 3.63) is 35.9 Å². The monoisotopic (exact) mass is 305 g/mol. The molecule has 1 unspecified atom stereocenters. The number of hydrogen-bond acceptors (Lipinski definition) is 2. The maximum atomic E-state index is 10.3. The Morgan fingerprint density at radius 2 is 1.77 bits per heavy atom. The average Bonchev–Trinajstić information content (AvgIpc) is 2.57. The lowest BCUT2D eigenvalue weighted by atomic mass is 9.98. The predicted molar refractivity (Wildman–Crippen MR) is 94.4 cm³/mol. The molecule has 1 aromatic carbocycles. The molecule has 0 spiro atoms. The van der Waals surface area contributed by atoms with Crippen molar-refractivity contribution < 1.29 is 5.11 Å². The summed E-state index contributed by atoms with van der Waals surface area (Å²) in [4.78, 5) is 4.54. The Balaban J connectivity index is 2.60. The van der Waals surface area contributed by atoms with Gasteiger partial charge in [0.15, 0.2) is 5.96 Å². The topological polar surface area (TPSA) is 56.7 Å². The zero-order valence-corrected chi connectivity index (χ0v) is 14.4. The number of guanidine groups is 1. The third-order valence-corrected chi connectivity index (χ3v) is 4.14. The first kappa shape index (κ1) is 18.5. The molecule has 1 rings (SSSR count). The van der Waals surface area contributed by atoms with Crippen LogP contribution >= 0.6 is 0 Å². The Morgan fingerprint density at radius 3 is 2.32 bits per heavy atom. The molecule has 0 aliphatic rings. The minimum atomic E-state index is -0.701. The molecule has 124 valence electrons. The maximum Gasteiger partial charge on any atom is 0.191 e. The van der Waals surface area contributed by atoms with E-state index in [1.165, 1.54) is 5.56 Å². The summed E-state index contributed by atoms with van der Waals surface area (Å²) in [6.45, 7) is 10.3. The number of benzene rings is 1. The van der Waals surface area contributed by atoms with Crippen LogP contribution in [0.4, 0.5) is 0 Å². The molecule has 1 atom stereocenters. The van der Waals surface area contributed by atoms with Gasteiger partial charge in [-0.25, -0.2) is 0 Å². The molecule has 0 heterocycles. The van der Waals surface area contributed by atoms with Crippen molar-refractivity contribution in [2.24, 2.45) is 4.99 Å². The number of aliphatic hydroxyl groups is 1. The summed E-state index contributed by atoms with van der Waals surface area (Å²) in [6.07, 6.45) is 1.43. The van der Waals surface area contributed by atoms with E-state index in [-0.39, 0.29) is 0 Å². The summed E-state index contributed by atoms with van der Waals surface area (Å²) in [5, 5.41) is 16.9. The van der Waals surface area contributed by atoms with E-state index in [0.29, 0.717) is 25.3 Å². The number of aliphatic imine (C=N–C) groups is 1. The highest BCUT2D eigenvalue weighted by Crippen LogP contribution is 2.15. The van der Waals surface area contributed by atoms with Crippen molar-refractivity contribution in [1.82, 2.24) is 10.6 Å². The van der Waals surface area contributed by atoms with E-state index < -0.39 is 5.60 Å². The minimum Gasteiger partial charge on any atom is -0.388 e. The van der Waals surface area contributed by atoms with Crippen LogP contribution in [0.5, 0.6) is 0 Å². The molecule has 0 aliphatic heterocycles. The maximum absolute atomic E-state index is 10.3. The van der Waals surface area contributed by atoms with Crippen LogP contribution in [0, 0.1) is 0 Å². The van der Waals surface area contributed by atoms with Crippen molar-refractivity contribution in [3.8, 4) is 0 Å². The lowest BCUT2D eigenvalue weighted by Gasteiger charge is -2.24. The van der Waals surface area contributed by atoms with Gasteiger partial charge in [0.1, 0.15) is 0 Å². The van der Waals surface area contributed by atoms with Gasteiger partial charge in [-0.3, -0.25) is 4.99 Å². The van der Waals surface area contributed by atoms with Crippen LogP contribution in [0.3, 0.4) is 0 Å². The van der Waals surface area contributed by atoms with Crippen molar-refractivity contribution in [1.29, 1.82) is 0 Å². The van der Waals surface area contributed by atoms with Gasteiger partial charge in [0.25, 0.3) is 0 Å². The molecule has 0 fully saturated rings. The van der Waals surface area contributed by atoms with E-state index in [9.17, 15) is 5.11 Å². The molecule has 0 bridgehead atoms. The molecule has 0 saturated heterocycles. The Bertz CT molecular complexity index is 441. The quantitative estimate of drug-likeness (QED) is 0.511. The fourth-order valence-corrected chi connectivity index (χ4v) is 2.19. The van der Waals surface area contributed by atoms with Gasteiger partial charge in [0.2, 0.25) is 0 Å². The van der Waals surface area contributed by atoms with Crippen LogP contribution in [-0.4, -0.2) is 36.3 Å². The highest BCUT2D eigenvalue weighted by Gasteiger charge is 2.21. The van der Waals surface area contributed by atoms with Crippen LogP contribution in [-0.2, 0) is 0 Å². The Labute approximate surface area is 135 Å². The molecule has 0 aliphatic carbocycles. The van der Waals surface area contributed by atoms with E-state index in [1.54, 1.807) is 0 Å². The summed E-state index contributed by atoms with van der Waals surface area (Å²) in [5.74, 6) is 1.17. The van der Waals surface area contributed by atoms with Crippen molar-refractivity contribution in [3.63, 3.8) is 0 Å². The first-order valence-corrected chi connectivity index (χ1v) is 8.34. The SMILES string of the molecule is CCNC(=NCC(O)(CC)CC)NCC(C)c1ccccc1. The second-order valence-corrected chi connectivity index (χ2v) is 5.82. The Kier molecular flexibility index (Phi) is 7.96. The largest absolute Gasteiger partial charge is 0.388 e. The van der Waals surface area contributed by atoms with Crippen LogP contribution < -0.4 is 10.6 Å². The van der Waals surface area contributed by atoms with E-state index in [0.717, 1.165) is 19.0 Å². The van der Waals surface area contributed by atoms with Crippen molar-refractivity contribution >= 4 is 5.96 Å². The Morgan fingerprint density at radius 1 is 1.14 bits per heavy atom. The van der Waals surface area contributed by atoms with Gasteiger partial charge in [-0.05, 0) is 31.2 Å². The summed E-state index contributed by atoms with van der Waals surface area (Å²) < 4.78 is 0. The molecule has 4 nitrogen and oxygen atoms in total. The second-order valence-electron chi connectivity index (χ2n) is 5.82. The number of nitrogens with one attached hydrogen (secondary N) is 2. The molecule has 1 aromatic rings. The van der Waals surface area contributed by atoms with Gasteiger partial charge in [-0.15, -0.1) is 0 Å². The van der Waals surface area contributed by atoms with Crippen LogP contribution in [0.15, 0.2) is 35.3 Å². The standard InChI is InChI=1S/C18H31N3O/c1-5-18(22,6-2)14-21-17(19-7-3)20-13-15(4)16-11-9-8-10-12-16/h8-12,15,22H,5-7,13-14H2,1-4H3,(H2,19,20,21). The summed E-state index contributed by atoms with van der Waals surface area (Å²) in [6, 6.07) is 10.4. The van der Waals surface area contributed by atoms with E-state index >= 15 is 0 Å². The molecule has 3 N–H and O–H groups in total. The van der Waals surface area contributed by atoms with Gasteiger partial charge in [0, 0.05) is 13.1 Å². The van der Waals surface area contributed by atoms with E-state index in [4.69, 9.17) is 0 Å². The first-order valence-electron chi connectivity index (χ1n) is 8.34. The second kappa shape index (κ2) is 9.46. The molecule has 0 radical (unpaired) electrons. The third-order valence-electron chi connectivity index (χ3n) is 4.14. The fourth-order valence-electron chi connectivity index (χ4n) is 2.19. The third kappa shape index (κ3) is 6.06. The van der Waals surface area contributed by atoms with E-state index in [2.05, 4.69) is 46.8 Å². The van der Waals surface area contributed by atoms with Gasteiger partial charge in [0.05, 0.1) is 12.1 Å². The molecule has 0 aromatic heterocycles. The zero-order valence-electron chi connectivity index (χ0n) is 14.4. The molecule has 22 heavy (non-hydrogen) atoms. The van der Waals surface area contributed by atoms with Gasteiger partial charge in [-0.2, -0.15) is 0 Å². The molecule has 4 heteroatoms. The molecule has 0 saturated carbocycles. The number of hydrogen-bond donors (Lipinski definition) is 3. The fraction of sp³-hybridized carbons (Fsp3) is 0.611. The highest BCUT2D eigenvalue weighted by molar-refractivity contribution is 5.79. The number of nitrogens with zero attached hydrogens (tertiary/aromatic N) is 1. The summed E-state index contributed by atoms with van der Waals surface area (Å²) >= 11 is 0. The Hall–Kier alpha value is -1.55. The average molecular weight is 305 g/mol. The summed E-state index contributed by atoms with van der Waals surface area (Å²) in [5.41, 5.74) is 0.609. The van der Waals surface area contributed by atoms with Gasteiger partial charge in [-0.1, -0.05) is 51.1 Å². The lowest BCUT2D eigenvalue weighted by Crippen LogP contribution is -2.41. The van der Waals surface area contributed by atoms with Crippen molar-refractivity contribution in [2.45, 2.75) is 52.1 Å². The molecular weight excluding hydrogens is 274 g/mol. The molecule has 0 amide bonds. The summed E-state index contributed by atoms with van der Waals surface area (Å²) in [7, 11) is 0. The molecular formula is C18H31N3O. The minimum absolute atomic E-state index is 0.404. The van der Waals surface area contributed by atoms with Gasteiger partial charge < -0.3 is 15.7 Å². The van der Waals surface area contributed by atoms with Crippen molar-refractivity contribution in [2.75, 3.05) is 19.6 Å². The lowest BCUT2D eigenvalue weighted by molar-refractivity contribution is 0.0418. The number of rotatable bonds is 8.